The summed E-state index contributed by atoms with van der Waals surface area (Å²) in [5, 5.41) is 6.79. The Morgan fingerprint density at radius 3 is 2.46 bits per heavy atom. The first-order valence-electron chi connectivity index (χ1n) is 8.18. The third kappa shape index (κ3) is 3.68. The van der Waals surface area contributed by atoms with Gasteiger partial charge in [0.2, 0.25) is 10.0 Å². The normalized spacial score (nSPS) is 17.2. The molecule has 1 aromatic carbocycles. The molecule has 130 valence electrons. The van der Waals surface area contributed by atoms with Gasteiger partial charge in [-0.05, 0) is 44.7 Å². The minimum Gasteiger partial charge on any atom is -0.281 e. The smallest absolute Gasteiger partial charge is 0.246 e. The second-order valence-corrected chi connectivity index (χ2v) is 9.20. The molecule has 1 aliphatic rings. The highest BCUT2D eigenvalue weighted by atomic mass is 32.2. The third-order valence-corrected chi connectivity index (χ3v) is 7.87. The molecule has 1 aromatic heterocycles. The van der Waals surface area contributed by atoms with E-state index in [1.165, 1.54) is 4.90 Å². The maximum absolute atomic E-state index is 12.8. The Balaban J connectivity index is 1.59. The molecule has 0 amide bonds. The molecule has 1 saturated heterocycles. The highest BCUT2D eigenvalue weighted by molar-refractivity contribution is 7.99. The summed E-state index contributed by atoms with van der Waals surface area (Å²) in [6.45, 7) is 4.68. The summed E-state index contributed by atoms with van der Waals surface area (Å²) in [6.07, 6.45) is 1.82. The van der Waals surface area contributed by atoms with Gasteiger partial charge in [0.15, 0.2) is 0 Å². The van der Waals surface area contributed by atoms with Gasteiger partial charge in [0, 0.05) is 23.7 Å². The predicted molar refractivity (Wildman–Crippen MR) is 96.7 cm³/mol. The van der Waals surface area contributed by atoms with E-state index in [-0.39, 0.29) is 0 Å². The van der Waals surface area contributed by atoms with Crippen molar-refractivity contribution in [1.82, 2.24) is 14.5 Å². The van der Waals surface area contributed by atoms with Crippen molar-refractivity contribution >= 4 is 21.8 Å². The molecule has 0 radical (unpaired) electrons. The Kier molecular flexibility index (Phi) is 5.32. The third-order valence-electron chi connectivity index (χ3n) is 4.46. The maximum atomic E-state index is 12.8. The average Bonchev–Trinajstić information content (AvgIpc) is 2.93. The summed E-state index contributed by atoms with van der Waals surface area (Å²) in [7, 11) is -3.44. The topological polar surface area (TPSA) is 66.1 Å². The van der Waals surface area contributed by atoms with E-state index in [1.54, 1.807) is 18.2 Å². The molecule has 3 rings (SSSR count). The average molecular weight is 366 g/mol. The van der Waals surface area contributed by atoms with Crippen LogP contribution >= 0.6 is 11.8 Å². The number of hydrogen-bond donors (Lipinski definition) is 1. The Morgan fingerprint density at radius 1 is 1.21 bits per heavy atom. The van der Waals surface area contributed by atoms with Crippen LogP contribution in [0.3, 0.4) is 0 Å². The summed E-state index contributed by atoms with van der Waals surface area (Å²) in [6, 6.07) is 10.4. The monoisotopic (exact) mass is 365 g/mol. The van der Waals surface area contributed by atoms with Crippen LogP contribution in [0.5, 0.6) is 0 Å². The predicted octanol–water partition coefficient (Wildman–Crippen LogP) is 3.22. The zero-order valence-corrected chi connectivity index (χ0v) is 15.7. The van der Waals surface area contributed by atoms with Crippen LogP contribution in [0.2, 0.25) is 0 Å². The van der Waals surface area contributed by atoms with Crippen molar-refractivity contribution in [3.8, 4) is 0 Å². The van der Waals surface area contributed by atoms with Crippen LogP contribution in [0.15, 0.2) is 40.1 Å². The standard InChI is InChI=1S/C17H23N3O2S2/c1-13-17(14(2)19-18-13)24(21,22)20-10-8-15(9-11-20)12-23-16-6-4-3-5-7-16/h3-7,15H,8-12H2,1-2H3,(H,18,19). The van der Waals surface area contributed by atoms with Gasteiger partial charge < -0.3 is 0 Å². The first-order valence-corrected chi connectivity index (χ1v) is 10.6. The van der Waals surface area contributed by atoms with E-state index in [2.05, 4.69) is 22.3 Å². The van der Waals surface area contributed by atoms with Crippen LogP contribution < -0.4 is 0 Å². The number of thioether (sulfide) groups is 1. The van der Waals surface area contributed by atoms with E-state index in [0.29, 0.717) is 35.3 Å². The van der Waals surface area contributed by atoms with Gasteiger partial charge in [-0.1, -0.05) is 18.2 Å². The maximum Gasteiger partial charge on any atom is 0.246 e. The molecule has 0 spiro atoms. The lowest BCUT2D eigenvalue weighted by molar-refractivity contribution is 0.291. The Labute approximate surface area is 147 Å². The zero-order chi connectivity index (χ0) is 17.2. The van der Waals surface area contributed by atoms with Gasteiger partial charge >= 0.3 is 0 Å². The fourth-order valence-corrected chi connectivity index (χ4v) is 6.01. The van der Waals surface area contributed by atoms with Crippen LogP contribution in [0.1, 0.15) is 24.2 Å². The molecule has 1 aliphatic heterocycles. The Hall–Kier alpha value is -1.31. The van der Waals surface area contributed by atoms with E-state index >= 15 is 0 Å². The molecule has 0 unspecified atom stereocenters. The number of hydrogen-bond acceptors (Lipinski definition) is 4. The molecule has 1 N–H and O–H groups in total. The van der Waals surface area contributed by atoms with Crippen molar-refractivity contribution in [3.05, 3.63) is 41.7 Å². The van der Waals surface area contributed by atoms with Crippen LogP contribution in [0.25, 0.3) is 0 Å². The summed E-state index contributed by atoms with van der Waals surface area (Å²) < 4.78 is 27.3. The first kappa shape index (κ1) is 17.5. The lowest BCUT2D eigenvalue weighted by atomic mass is 10.0. The number of aryl methyl sites for hydroxylation is 2. The van der Waals surface area contributed by atoms with Crippen LogP contribution in [-0.2, 0) is 10.0 Å². The van der Waals surface area contributed by atoms with Crippen molar-refractivity contribution in [1.29, 1.82) is 0 Å². The molecule has 2 aromatic rings. The van der Waals surface area contributed by atoms with Crippen molar-refractivity contribution < 1.29 is 8.42 Å². The van der Waals surface area contributed by atoms with Gasteiger partial charge in [0.25, 0.3) is 0 Å². The molecule has 5 nitrogen and oxygen atoms in total. The largest absolute Gasteiger partial charge is 0.281 e. The molecule has 0 atom stereocenters. The zero-order valence-electron chi connectivity index (χ0n) is 14.0. The molecule has 0 saturated carbocycles. The number of H-pyrrole nitrogens is 1. The molecule has 24 heavy (non-hydrogen) atoms. The van der Waals surface area contributed by atoms with E-state index in [0.717, 1.165) is 18.6 Å². The lowest BCUT2D eigenvalue weighted by Gasteiger charge is -2.31. The molecule has 2 heterocycles. The fraction of sp³-hybridized carbons (Fsp3) is 0.471. The van der Waals surface area contributed by atoms with Crippen LogP contribution in [-0.4, -0.2) is 41.8 Å². The molecule has 1 fully saturated rings. The fourth-order valence-electron chi connectivity index (χ4n) is 3.10. The number of rotatable bonds is 5. The second-order valence-electron chi connectivity index (χ2n) is 6.23. The van der Waals surface area contributed by atoms with Gasteiger partial charge in [0.05, 0.1) is 11.4 Å². The van der Waals surface area contributed by atoms with Crippen molar-refractivity contribution in [2.24, 2.45) is 5.92 Å². The number of benzene rings is 1. The molecule has 7 heteroatoms. The van der Waals surface area contributed by atoms with E-state index in [9.17, 15) is 8.42 Å². The number of sulfonamides is 1. The van der Waals surface area contributed by atoms with E-state index < -0.39 is 10.0 Å². The summed E-state index contributed by atoms with van der Waals surface area (Å²) in [4.78, 5) is 1.62. The van der Waals surface area contributed by atoms with Crippen molar-refractivity contribution in [2.45, 2.75) is 36.5 Å². The molecule has 0 bridgehead atoms. The summed E-state index contributed by atoms with van der Waals surface area (Å²) >= 11 is 1.86. The van der Waals surface area contributed by atoms with Crippen LogP contribution in [0, 0.1) is 19.8 Å². The second kappa shape index (κ2) is 7.29. The van der Waals surface area contributed by atoms with Crippen LogP contribution in [0.4, 0.5) is 0 Å². The first-order chi connectivity index (χ1) is 11.5. The van der Waals surface area contributed by atoms with Gasteiger partial charge in [0.1, 0.15) is 4.90 Å². The minimum atomic E-state index is -3.44. The Morgan fingerprint density at radius 2 is 1.88 bits per heavy atom. The van der Waals surface area contributed by atoms with Gasteiger partial charge in [-0.3, -0.25) is 5.10 Å². The summed E-state index contributed by atoms with van der Waals surface area (Å²) in [5.74, 6) is 1.61. The van der Waals surface area contributed by atoms with Gasteiger partial charge in [-0.2, -0.15) is 9.40 Å². The number of piperidine rings is 1. The van der Waals surface area contributed by atoms with Crippen molar-refractivity contribution in [2.75, 3.05) is 18.8 Å². The quantitative estimate of drug-likeness (QED) is 0.826. The van der Waals surface area contributed by atoms with Gasteiger partial charge in [-0.15, -0.1) is 11.8 Å². The van der Waals surface area contributed by atoms with E-state index in [1.807, 2.05) is 30.0 Å². The highest BCUT2D eigenvalue weighted by Gasteiger charge is 2.32. The number of aromatic amines is 1. The lowest BCUT2D eigenvalue weighted by Crippen LogP contribution is -2.39. The number of nitrogens with one attached hydrogen (secondary N) is 1. The number of nitrogens with zero attached hydrogens (tertiary/aromatic N) is 2. The highest BCUT2D eigenvalue weighted by Crippen LogP contribution is 2.30. The van der Waals surface area contributed by atoms with Gasteiger partial charge in [-0.25, -0.2) is 8.42 Å². The number of aromatic nitrogens is 2. The molecule has 0 aliphatic carbocycles. The van der Waals surface area contributed by atoms with E-state index in [4.69, 9.17) is 0 Å². The minimum absolute atomic E-state index is 0.347. The SMILES string of the molecule is Cc1n[nH]c(C)c1S(=O)(=O)N1CCC(CSc2ccccc2)CC1. The molecular weight excluding hydrogens is 342 g/mol. The Bertz CT molecular complexity index is 760. The van der Waals surface area contributed by atoms with Crippen molar-refractivity contribution in [3.63, 3.8) is 0 Å². The summed E-state index contributed by atoms with van der Waals surface area (Å²) in [5.41, 5.74) is 1.17. The molecular formula is C17H23N3O2S2.